The first-order valence-electron chi connectivity index (χ1n) is 5.64. The molecular weight excluding hydrogens is 214 g/mol. The number of thiophene rings is 1. The SMILES string of the molecule is CCc1cccc(C(NC)c2cccs2)c1. The fourth-order valence-corrected chi connectivity index (χ4v) is 2.78. The first-order valence-corrected chi connectivity index (χ1v) is 6.52. The molecule has 1 N–H and O–H groups in total. The number of aryl methyl sites for hydroxylation is 1. The van der Waals surface area contributed by atoms with E-state index in [1.54, 1.807) is 11.3 Å². The topological polar surface area (TPSA) is 12.0 Å². The molecule has 2 rings (SSSR count). The van der Waals surface area contributed by atoms with Crippen LogP contribution < -0.4 is 5.32 Å². The summed E-state index contributed by atoms with van der Waals surface area (Å²) in [5.41, 5.74) is 2.75. The fraction of sp³-hybridized carbons (Fsp3) is 0.286. The molecule has 0 spiro atoms. The van der Waals surface area contributed by atoms with Crippen molar-refractivity contribution in [2.75, 3.05) is 7.05 Å². The van der Waals surface area contributed by atoms with Crippen LogP contribution in [-0.2, 0) is 6.42 Å². The largest absolute Gasteiger partial charge is 0.309 e. The van der Waals surface area contributed by atoms with E-state index in [9.17, 15) is 0 Å². The van der Waals surface area contributed by atoms with E-state index in [0.29, 0.717) is 6.04 Å². The predicted octanol–water partition coefficient (Wildman–Crippen LogP) is 3.62. The van der Waals surface area contributed by atoms with Crippen LogP contribution in [0.4, 0.5) is 0 Å². The van der Waals surface area contributed by atoms with E-state index < -0.39 is 0 Å². The van der Waals surface area contributed by atoms with Gasteiger partial charge in [-0.2, -0.15) is 0 Å². The second kappa shape index (κ2) is 5.28. The first kappa shape index (κ1) is 11.4. The number of rotatable bonds is 4. The minimum atomic E-state index is 0.325. The van der Waals surface area contributed by atoms with E-state index in [1.165, 1.54) is 16.0 Å². The number of hydrogen-bond acceptors (Lipinski definition) is 2. The molecular formula is C14H17NS. The monoisotopic (exact) mass is 231 g/mol. The van der Waals surface area contributed by atoms with Crippen LogP contribution in [0.25, 0.3) is 0 Å². The van der Waals surface area contributed by atoms with Gasteiger partial charge in [0.2, 0.25) is 0 Å². The first-order chi connectivity index (χ1) is 7.85. The number of benzene rings is 1. The lowest BCUT2D eigenvalue weighted by atomic mass is 10.0. The normalized spacial score (nSPS) is 12.6. The quantitative estimate of drug-likeness (QED) is 0.847. The van der Waals surface area contributed by atoms with Crippen LogP contribution in [0.1, 0.15) is 29.0 Å². The summed E-state index contributed by atoms with van der Waals surface area (Å²) in [7, 11) is 2.02. The maximum atomic E-state index is 3.38. The molecule has 1 heterocycles. The standard InChI is InChI=1S/C14H17NS/c1-3-11-6-4-7-12(10-11)14(15-2)13-8-5-9-16-13/h4-10,14-15H,3H2,1-2H3. The van der Waals surface area contributed by atoms with Crippen LogP contribution in [0, 0.1) is 0 Å². The molecule has 0 saturated carbocycles. The number of hydrogen-bond donors (Lipinski definition) is 1. The third-order valence-electron chi connectivity index (χ3n) is 2.81. The molecule has 0 bridgehead atoms. The van der Waals surface area contributed by atoms with Gasteiger partial charge in [-0.25, -0.2) is 0 Å². The van der Waals surface area contributed by atoms with E-state index in [-0.39, 0.29) is 0 Å². The molecule has 16 heavy (non-hydrogen) atoms. The molecule has 1 aromatic carbocycles. The zero-order valence-corrected chi connectivity index (χ0v) is 10.6. The molecule has 1 aromatic heterocycles. The molecule has 1 unspecified atom stereocenters. The fourth-order valence-electron chi connectivity index (χ4n) is 1.92. The molecule has 0 aliphatic carbocycles. The Morgan fingerprint density at radius 2 is 2.12 bits per heavy atom. The van der Waals surface area contributed by atoms with Crippen molar-refractivity contribution in [3.8, 4) is 0 Å². The molecule has 0 aliphatic rings. The maximum absolute atomic E-state index is 3.38. The van der Waals surface area contributed by atoms with Crippen molar-refractivity contribution >= 4 is 11.3 Å². The molecule has 0 radical (unpaired) electrons. The molecule has 0 fully saturated rings. The highest BCUT2D eigenvalue weighted by Crippen LogP contribution is 2.26. The summed E-state index contributed by atoms with van der Waals surface area (Å²) < 4.78 is 0. The Morgan fingerprint density at radius 1 is 1.25 bits per heavy atom. The van der Waals surface area contributed by atoms with Gasteiger partial charge in [0.25, 0.3) is 0 Å². The number of nitrogens with one attached hydrogen (secondary N) is 1. The smallest absolute Gasteiger partial charge is 0.0668 e. The van der Waals surface area contributed by atoms with E-state index in [2.05, 4.69) is 54.0 Å². The zero-order chi connectivity index (χ0) is 11.4. The molecule has 1 atom stereocenters. The average Bonchev–Trinajstić information content (AvgIpc) is 2.84. The second-order valence-corrected chi connectivity index (χ2v) is 4.81. The van der Waals surface area contributed by atoms with Crippen LogP contribution in [-0.4, -0.2) is 7.05 Å². The van der Waals surface area contributed by atoms with Crippen LogP contribution in [0.15, 0.2) is 41.8 Å². The predicted molar refractivity (Wildman–Crippen MR) is 71.0 cm³/mol. The molecule has 84 valence electrons. The lowest BCUT2D eigenvalue weighted by molar-refractivity contribution is 0.703. The minimum Gasteiger partial charge on any atom is -0.309 e. The van der Waals surface area contributed by atoms with E-state index >= 15 is 0 Å². The second-order valence-electron chi connectivity index (χ2n) is 3.84. The van der Waals surface area contributed by atoms with Crippen molar-refractivity contribution in [3.05, 3.63) is 57.8 Å². The van der Waals surface area contributed by atoms with Crippen molar-refractivity contribution < 1.29 is 0 Å². The molecule has 0 amide bonds. The van der Waals surface area contributed by atoms with Crippen molar-refractivity contribution in [2.45, 2.75) is 19.4 Å². The summed E-state index contributed by atoms with van der Waals surface area (Å²) in [6.45, 7) is 2.19. The van der Waals surface area contributed by atoms with Crippen molar-refractivity contribution in [1.29, 1.82) is 0 Å². The molecule has 1 nitrogen and oxygen atoms in total. The average molecular weight is 231 g/mol. The van der Waals surface area contributed by atoms with Crippen LogP contribution in [0.2, 0.25) is 0 Å². The highest BCUT2D eigenvalue weighted by atomic mass is 32.1. The molecule has 2 heteroatoms. The summed E-state index contributed by atoms with van der Waals surface area (Å²) >= 11 is 1.80. The Hall–Kier alpha value is -1.12. The van der Waals surface area contributed by atoms with E-state index in [4.69, 9.17) is 0 Å². The summed E-state index contributed by atoms with van der Waals surface area (Å²) in [4.78, 5) is 1.37. The van der Waals surface area contributed by atoms with Crippen LogP contribution >= 0.6 is 11.3 Å². The highest BCUT2D eigenvalue weighted by molar-refractivity contribution is 7.10. The Bertz CT molecular complexity index is 434. The lowest BCUT2D eigenvalue weighted by Crippen LogP contribution is -2.16. The third-order valence-corrected chi connectivity index (χ3v) is 3.75. The van der Waals surface area contributed by atoms with Gasteiger partial charge < -0.3 is 5.32 Å². The Labute approximate surface area is 101 Å². The van der Waals surface area contributed by atoms with Gasteiger partial charge in [0.15, 0.2) is 0 Å². The summed E-state index contributed by atoms with van der Waals surface area (Å²) in [5, 5.41) is 5.51. The summed E-state index contributed by atoms with van der Waals surface area (Å²) in [5.74, 6) is 0. The highest BCUT2D eigenvalue weighted by Gasteiger charge is 2.12. The Morgan fingerprint density at radius 3 is 2.75 bits per heavy atom. The van der Waals surface area contributed by atoms with Crippen LogP contribution in [0.3, 0.4) is 0 Å². The Kier molecular flexibility index (Phi) is 3.75. The lowest BCUT2D eigenvalue weighted by Gasteiger charge is -2.15. The maximum Gasteiger partial charge on any atom is 0.0668 e. The van der Waals surface area contributed by atoms with Crippen molar-refractivity contribution in [2.24, 2.45) is 0 Å². The van der Waals surface area contributed by atoms with Crippen molar-refractivity contribution in [1.82, 2.24) is 5.32 Å². The molecule has 0 saturated heterocycles. The summed E-state index contributed by atoms with van der Waals surface area (Å²) in [6, 6.07) is 13.4. The van der Waals surface area contributed by atoms with Crippen molar-refractivity contribution in [3.63, 3.8) is 0 Å². The van der Waals surface area contributed by atoms with Gasteiger partial charge in [-0.05, 0) is 36.0 Å². The van der Waals surface area contributed by atoms with E-state index in [0.717, 1.165) is 6.42 Å². The van der Waals surface area contributed by atoms with Gasteiger partial charge in [-0.3, -0.25) is 0 Å². The van der Waals surface area contributed by atoms with Gasteiger partial charge in [-0.15, -0.1) is 11.3 Å². The van der Waals surface area contributed by atoms with E-state index in [1.807, 2.05) is 7.05 Å². The van der Waals surface area contributed by atoms with Crippen LogP contribution in [0.5, 0.6) is 0 Å². The van der Waals surface area contributed by atoms with Gasteiger partial charge in [-0.1, -0.05) is 37.3 Å². The Balaban J connectivity index is 2.33. The summed E-state index contributed by atoms with van der Waals surface area (Å²) in [6.07, 6.45) is 1.09. The van der Waals surface area contributed by atoms with Gasteiger partial charge >= 0.3 is 0 Å². The zero-order valence-electron chi connectivity index (χ0n) is 9.73. The molecule has 2 aromatic rings. The van der Waals surface area contributed by atoms with Gasteiger partial charge in [0.05, 0.1) is 6.04 Å². The third kappa shape index (κ3) is 2.34. The minimum absolute atomic E-state index is 0.325. The van der Waals surface area contributed by atoms with Gasteiger partial charge in [0, 0.05) is 4.88 Å². The molecule has 0 aliphatic heterocycles. The van der Waals surface area contributed by atoms with Gasteiger partial charge in [0.1, 0.15) is 0 Å².